The van der Waals surface area contributed by atoms with Crippen LogP contribution in [0, 0.1) is 0 Å². The maximum Gasteiger partial charge on any atom is 0.331 e. The summed E-state index contributed by atoms with van der Waals surface area (Å²) in [4.78, 5) is 25.6. The first-order chi connectivity index (χ1) is 32.9. The maximum absolute atomic E-state index is 12.8. The minimum Gasteiger partial charge on any atom is -0.493 e. The Balaban J connectivity index is 0.00000327. The Morgan fingerprint density at radius 1 is 0.618 bits per heavy atom. The highest BCUT2D eigenvalue weighted by Crippen LogP contribution is 2.44. The number of rotatable bonds is 25. The second-order valence-corrected chi connectivity index (χ2v) is 17.1. The lowest BCUT2D eigenvalue weighted by molar-refractivity contribution is -0.941. The number of quaternary nitrogens is 1. The second kappa shape index (κ2) is 27.7. The number of carbonyl (C=O) groups is 2. The fourth-order valence-corrected chi connectivity index (χ4v) is 8.96. The molecule has 68 heavy (non-hydrogen) atoms. The zero-order valence-corrected chi connectivity index (χ0v) is 42.6. The van der Waals surface area contributed by atoms with Gasteiger partial charge in [-0.25, -0.2) is 9.59 Å². The normalized spacial score (nSPS) is 15.5. The molecule has 5 rings (SSSR count). The quantitative estimate of drug-likeness (QED) is 0.0272. The standard InChI is InChI=1S/C52H68NO12.C3H8/c1-11-14-37-31-47(60-7)49(62-9)33-40(37)38(27-35-16-18-43(56-3)45(29-35)58-5)15-12-25-64-51(54)20-21-52(55)65-26-13-23-53(2)24-22-39-32-48(61-8)50(63-10)34-41(39)42(53)28-36-17-19-44(57-4)46(30-36)59-6;1-3-2/h16-21,29-34,38,42H,11-15,22-28H2,1-10H3;3H2,1-2H3/q+1;/b21-20+;/t38?,42-,53+;/m0./s1. The third kappa shape index (κ3) is 14.7. The Hall–Kier alpha value is -6.08. The highest BCUT2D eigenvalue weighted by atomic mass is 16.5. The summed E-state index contributed by atoms with van der Waals surface area (Å²) in [5.74, 6) is 4.27. The molecular formula is C55H76NO12+. The van der Waals surface area contributed by atoms with E-state index in [1.807, 2.05) is 30.3 Å². The van der Waals surface area contributed by atoms with E-state index in [0.29, 0.717) is 65.3 Å². The average molecular weight is 943 g/mol. The van der Waals surface area contributed by atoms with Gasteiger partial charge in [0, 0.05) is 37.0 Å². The summed E-state index contributed by atoms with van der Waals surface area (Å²) in [6, 6.07) is 20.4. The van der Waals surface area contributed by atoms with Crippen molar-refractivity contribution in [1.82, 2.24) is 0 Å². The summed E-state index contributed by atoms with van der Waals surface area (Å²) in [6.07, 6.45) is 9.58. The molecule has 0 aromatic heterocycles. The number of benzene rings is 4. The SMILES string of the molecule is CCC.CCCc1cc(OC)c(OC)cc1C(CCCOC(=O)/C=C/C(=O)OCCC[N@+]1(C)CCc2cc(OC)c(OC)cc2[C@@H]1Cc1ccc(OC)c(OC)c1)Cc1ccc(OC)c(OC)c1. The van der Waals surface area contributed by atoms with Crippen molar-refractivity contribution in [1.29, 1.82) is 0 Å². The number of hydrogen-bond donors (Lipinski definition) is 0. The molecule has 1 unspecified atom stereocenters. The van der Waals surface area contributed by atoms with Crippen molar-refractivity contribution in [3.05, 3.63) is 106 Å². The minimum absolute atomic E-state index is 0.0653. The van der Waals surface area contributed by atoms with Crippen molar-refractivity contribution in [2.45, 2.75) is 90.5 Å². The van der Waals surface area contributed by atoms with Gasteiger partial charge in [0.2, 0.25) is 0 Å². The van der Waals surface area contributed by atoms with Gasteiger partial charge in [-0.1, -0.05) is 45.7 Å². The van der Waals surface area contributed by atoms with Crippen molar-refractivity contribution in [2.75, 3.05) is 90.2 Å². The molecule has 0 saturated heterocycles. The van der Waals surface area contributed by atoms with Crippen LogP contribution in [0.1, 0.15) is 98.2 Å². The number of esters is 2. The van der Waals surface area contributed by atoms with E-state index in [-0.39, 0.29) is 25.2 Å². The maximum atomic E-state index is 12.8. The minimum atomic E-state index is -0.605. The van der Waals surface area contributed by atoms with Crippen LogP contribution in [0.2, 0.25) is 0 Å². The molecular weight excluding hydrogens is 867 g/mol. The summed E-state index contributed by atoms with van der Waals surface area (Å²) >= 11 is 0. The van der Waals surface area contributed by atoms with Gasteiger partial charge >= 0.3 is 11.9 Å². The van der Waals surface area contributed by atoms with Gasteiger partial charge in [0.05, 0.1) is 90.2 Å². The number of aryl methyl sites for hydroxylation is 1. The van der Waals surface area contributed by atoms with E-state index in [4.69, 9.17) is 47.4 Å². The van der Waals surface area contributed by atoms with Crippen LogP contribution in [0.25, 0.3) is 0 Å². The molecule has 0 aliphatic carbocycles. The number of ether oxygens (including phenoxy) is 10. The second-order valence-electron chi connectivity index (χ2n) is 17.1. The highest BCUT2D eigenvalue weighted by Gasteiger charge is 2.40. The molecule has 0 fully saturated rings. The van der Waals surface area contributed by atoms with Crippen molar-refractivity contribution >= 4 is 11.9 Å². The molecule has 0 amide bonds. The van der Waals surface area contributed by atoms with Gasteiger partial charge in [-0.2, -0.15) is 0 Å². The zero-order valence-electron chi connectivity index (χ0n) is 42.6. The summed E-state index contributed by atoms with van der Waals surface area (Å²) in [6.45, 7) is 8.41. The predicted octanol–water partition coefficient (Wildman–Crippen LogP) is 10.3. The predicted molar refractivity (Wildman–Crippen MR) is 266 cm³/mol. The molecule has 3 atom stereocenters. The van der Waals surface area contributed by atoms with Crippen LogP contribution in [0.3, 0.4) is 0 Å². The molecule has 4 aromatic carbocycles. The number of methoxy groups -OCH3 is 8. The number of nitrogens with zero attached hydrogens (tertiary/aromatic N) is 1. The molecule has 1 aliphatic rings. The molecule has 0 bridgehead atoms. The van der Waals surface area contributed by atoms with E-state index in [1.165, 1.54) is 23.1 Å². The average Bonchev–Trinajstić information content (AvgIpc) is 3.36. The lowest BCUT2D eigenvalue weighted by Crippen LogP contribution is -2.52. The van der Waals surface area contributed by atoms with E-state index in [2.05, 4.69) is 58.2 Å². The first kappa shape index (κ1) is 54.5. The molecule has 4 aromatic rings. The van der Waals surface area contributed by atoms with Gasteiger partial charge in [0.1, 0.15) is 6.04 Å². The molecule has 13 heteroatoms. The van der Waals surface area contributed by atoms with Gasteiger partial charge in [0.15, 0.2) is 46.0 Å². The fourth-order valence-electron chi connectivity index (χ4n) is 8.96. The summed E-state index contributed by atoms with van der Waals surface area (Å²) in [5, 5.41) is 0. The smallest absolute Gasteiger partial charge is 0.331 e. The van der Waals surface area contributed by atoms with E-state index in [9.17, 15) is 9.59 Å². The third-order valence-corrected chi connectivity index (χ3v) is 12.4. The van der Waals surface area contributed by atoms with E-state index in [1.54, 1.807) is 56.9 Å². The van der Waals surface area contributed by atoms with Crippen LogP contribution in [0.15, 0.2) is 72.8 Å². The van der Waals surface area contributed by atoms with Gasteiger partial charge in [-0.15, -0.1) is 0 Å². The van der Waals surface area contributed by atoms with Gasteiger partial charge in [0.25, 0.3) is 0 Å². The van der Waals surface area contributed by atoms with Crippen LogP contribution in [0.5, 0.6) is 46.0 Å². The molecule has 0 spiro atoms. The van der Waals surface area contributed by atoms with E-state index < -0.39 is 11.9 Å². The van der Waals surface area contributed by atoms with Crippen molar-refractivity contribution in [3.63, 3.8) is 0 Å². The Kier molecular flexibility index (Phi) is 22.2. The highest BCUT2D eigenvalue weighted by molar-refractivity contribution is 5.91. The molecule has 1 heterocycles. The summed E-state index contributed by atoms with van der Waals surface area (Å²) in [5.41, 5.74) is 6.94. The largest absolute Gasteiger partial charge is 0.493 e. The van der Waals surface area contributed by atoms with Crippen LogP contribution in [0.4, 0.5) is 0 Å². The number of carbonyl (C=O) groups excluding carboxylic acids is 2. The van der Waals surface area contributed by atoms with Crippen molar-refractivity contribution in [2.24, 2.45) is 0 Å². The van der Waals surface area contributed by atoms with Crippen molar-refractivity contribution in [3.8, 4) is 46.0 Å². The molecule has 372 valence electrons. The zero-order chi connectivity index (χ0) is 49.6. The van der Waals surface area contributed by atoms with Gasteiger partial charge in [-0.05, 0) is 108 Å². The lowest BCUT2D eigenvalue weighted by Gasteiger charge is -2.46. The van der Waals surface area contributed by atoms with Crippen molar-refractivity contribution < 1.29 is 61.4 Å². The van der Waals surface area contributed by atoms with Crippen LogP contribution in [-0.2, 0) is 44.7 Å². The Morgan fingerprint density at radius 3 is 1.66 bits per heavy atom. The topological polar surface area (TPSA) is 126 Å². The monoisotopic (exact) mass is 943 g/mol. The third-order valence-electron chi connectivity index (χ3n) is 12.4. The Morgan fingerprint density at radius 2 is 1.10 bits per heavy atom. The van der Waals surface area contributed by atoms with E-state index in [0.717, 1.165) is 78.5 Å². The lowest BCUT2D eigenvalue weighted by atomic mass is 9.84. The summed E-state index contributed by atoms with van der Waals surface area (Å²) < 4.78 is 56.8. The fraction of sp³-hybridized carbons (Fsp3) is 0.491. The number of hydrogen-bond acceptors (Lipinski definition) is 12. The molecule has 0 N–H and O–H groups in total. The Bertz CT molecular complexity index is 2260. The van der Waals surface area contributed by atoms with Crippen LogP contribution >= 0.6 is 0 Å². The molecule has 13 nitrogen and oxygen atoms in total. The Labute approximate surface area is 405 Å². The summed E-state index contributed by atoms with van der Waals surface area (Å²) in [7, 11) is 15.3. The van der Waals surface area contributed by atoms with Gasteiger partial charge in [-0.3, -0.25) is 0 Å². The first-order valence-corrected chi connectivity index (χ1v) is 23.7. The van der Waals surface area contributed by atoms with Crippen LogP contribution < -0.4 is 37.9 Å². The van der Waals surface area contributed by atoms with Crippen LogP contribution in [-0.4, -0.2) is 107 Å². The number of fused-ring (bicyclic) bond motifs is 1. The molecule has 0 saturated carbocycles. The number of likely N-dealkylation sites (N-methyl/N-ethyl adjacent to an activating group) is 1. The van der Waals surface area contributed by atoms with E-state index >= 15 is 0 Å². The molecule has 1 aliphatic heterocycles. The molecule has 0 radical (unpaired) electrons. The first-order valence-electron chi connectivity index (χ1n) is 23.7. The van der Waals surface area contributed by atoms with Gasteiger partial charge < -0.3 is 51.9 Å².